The number of rotatable bonds is 3. The molecule has 0 unspecified atom stereocenters. The van der Waals surface area contributed by atoms with Gasteiger partial charge in [-0.2, -0.15) is 5.26 Å². The van der Waals surface area contributed by atoms with E-state index < -0.39 is 17.3 Å². The molecule has 0 N–H and O–H groups in total. The second kappa shape index (κ2) is 5.96. The van der Waals surface area contributed by atoms with Crippen LogP contribution in [0.15, 0.2) is 24.3 Å². The van der Waals surface area contributed by atoms with Crippen molar-refractivity contribution in [2.45, 2.75) is 24.7 Å². The highest BCUT2D eigenvalue weighted by atomic mass is 16.5. The smallest absolute Gasteiger partial charge is 0.316 e. The standard InChI is InChI=1S/C16H17NO4/c1-20-12-5-3-4-11(8-12)16(10-17)7-6-14(18)13(9-16)15(19)21-2/h3-5,8,13H,6-7,9H2,1-2H3/t13-,16+/m0/s1. The number of nitriles is 1. The molecule has 0 saturated heterocycles. The molecule has 0 amide bonds. The molecule has 2 rings (SSSR count). The van der Waals surface area contributed by atoms with Crippen LogP contribution in [-0.2, 0) is 19.7 Å². The lowest BCUT2D eigenvalue weighted by Gasteiger charge is -2.34. The van der Waals surface area contributed by atoms with E-state index in [4.69, 9.17) is 4.74 Å². The number of carbonyl (C=O) groups is 2. The van der Waals surface area contributed by atoms with Crippen molar-refractivity contribution in [2.24, 2.45) is 5.92 Å². The SMILES string of the molecule is COC(=O)[C@H]1C[C@](C#N)(c2cccc(OC)c2)CCC1=O. The molecule has 0 aromatic heterocycles. The Kier molecular flexibility index (Phi) is 4.27. The topological polar surface area (TPSA) is 76.4 Å². The molecule has 1 aromatic rings. The molecule has 1 fully saturated rings. The van der Waals surface area contributed by atoms with Crippen LogP contribution in [-0.4, -0.2) is 26.0 Å². The molecule has 0 radical (unpaired) electrons. The summed E-state index contributed by atoms with van der Waals surface area (Å²) in [5.41, 5.74) is -0.0906. The lowest BCUT2D eigenvalue weighted by molar-refractivity contribution is -0.151. The third kappa shape index (κ3) is 2.75. The molecule has 0 aliphatic heterocycles. The number of hydrogen-bond donors (Lipinski definition) is 0. The van der Waals surface area contributed by atoms with Crippen LogP contribution in [0.5, 0.6) is 5.75 Å². The summed E-state index contributed by atoms with van der Waals surface area (Å²) in [6.45, 7) is 0. The lowest BCUT2D eigenvalue weighted by atomic mass is 9.66. The van der Waals surface area contributed by atoms with Crippen molar-refractivity contribution in [3.05, 3.63) is 29.8 Å². The maximum absolute atomic E-state index is 11.9. The zero-order valence-electron chi connectivity index (χ0n) is 12.1. The van der Waals surface area contributed by atoms with Crippen LogP contribution in [0.25, 0.3) is 0 Å². The predicted octanol–water partition coefficient (Wildman–Crippen LogP) is 2.00. The third-order valence-corrected chi connectivity index (χ3v) is 4.06. The number of ketones is 1. The summed E-state index contributed by atoms with van der Waals surface area (Å²) < 4.78 is 9.87. The molecular weight excluding hydrogens is 270 g/mol. The van der Waals surface area contributed by atoms with E-state index in [1.807, 2.05) is 6.07 Å². The summed E-state index contributed by atoms with van der Waals surface area (Å²) in [6.07, 6.45) is 0.760. The monoisotopic (exact) mass is 287 g/mol. The van der Waals surface area contributed by atoms with Crippen molar-refractivity contribution < 1.29 is 19.1 Å². The van der Waals surface area contributed by atoms with Gasteiger partial charge in [-0.15, -0.1) is 0 Å². The first-order valence-electron chi connectivity index (χ1n) is 6.72. The molecule has 1 aliphatic carbocycles. The fourth-order valence-corrected chi connectivity index (χ4v) is 2.78. The van der Waals surface area contributed by atoms with E-state index >= 15 is 0 Å². The van der Waals surface area contributed by atoms with Crippen molar-refractivity contribution in [3.8, 4) is 11.8 Å². The maximum Gasteiger partial charge on any atom is 0.316 e. The number of nitrogens with zero attached hydrogens (tertiary/aromatic N) is 1. The Bertz CT molecular complexity index is 597. The Hall–Kier alpha value is -2.35. The minimum atomic E-state index is -0.866. The summed E-state index contributed by atoms with van der Waals surface area (Å²) in [5, 5.41) is 9.66. The van der Waals surface area contributed by atoms with Crippen LogP contribution in [0.3, 0.4) is 0 Å². The molecule has 5 heteroatoms. The molecular formula is C16H17NO4. The first-order valence-corrected chi connectivity index (χ1v) is 6.72. The Morgan fingerprint density at radius 2 is 2.19 bits per heavy atom. The number of benzene rings is 1. The first-order chi connectivity index (χ1) is 10.1. The molecule has 1 saturated carbocycles. The molecule has 2 atom stereocenters. The van der Waals surface area contributed by atoms with Crippen molar-refractivity contribution in [1.82, 2.24) is 0 Å². The van der Waals surface area contributed by atoms with Gasteiger partial charge in [0.2, 0.25) is 0 Å². The van der Waals surface area contributed by atoms with Crippen LogP contribution in [0.4, 0.5) is 0 Å². The second-order valence-corrected chi connectivity index (χ2v) is 5.17. The highest BCUT2D eigenvalue weighted by Crippen LogP contribution is 2.41. The molecule has 1 aromatic carbocycles. The van der Waals surface area contributed by atoms with Gasteiger partial charge in [0.05, 0.1) is 25.7 Å². The number of ether oxygens (including phenoxy) is 2. The van der Waals surface area contributed by atoms with Crippen LogP contribution < -0.4 is 4.74 Å². The Morgan fingerprint density at radius 1 is 1.43 bits per heavy atom. The number of esters is 1. The van der Waals surface area contributed by atoms with E-state index in [0.717, 1.165) is 5.56 Å². The van der Waals surface area contributed by atoms with E-state index in [-0.39, 0.29) is 18.6 Å². The largest absolute Gasteiger partial charge is 0.497 e. The fourth-order valence-electron chi connectivity index (χ4n) is 2.78. The van der Waals surface area contributed by atoms with Gasteiger partial charge in [-0.05, 0) is 30.5 Å². The van der Waals surface area contributed by atoms with E-state index in [2.05, 4.69) is 10.8 Å². The van der Waals surface area contributed by atoms with E-state index in [1.165, 1.54) is 7.11 Å². The van der Waals surface area contributed by atoms with Crippen molar-refractivity contribution in [3.63, 3.8) is 0 Å². The van der Waals surface area contributed by atoms with Gasteiger partial charge in [-0.3, -0.25) is 9.59 Å². The first kappa shape index (κ1) is 15.0. The van der Waals surface area contributed by atoms with E-state index in [1.54, 1.807) is 25.3 Å². The van der Waals surface area contributed by atoms with Gasteiger partial charge < -0.3 is 9.47 Å². The summed E-state index contributed by atoms with van der Waals surface area (Å²) in [7, 11) is 2.81. The van der Waals surface area contributed by atoms with Gasteiger partial charge in [0.1, 0.15) is 17.5 Å². The third-order valence-electron chi connectivity index (χ3n) is 4.06. The normalized spacial score (nSPS) is 25.0. The summed E-state index contributed by atoms with van der Waals surface area (Å²) >= 11 is 0. The van der Waals surface area contributed by atoms with Gasteiger partial charge in [-0.1, -0.05) is 12.1 Å². The molecule has 0 heterocycles. The lowest BCUT2D eigenvalue weighted by Crippen LogP contribution is -2.40. The molecule has 110 valence electrons. The number of hydrogen-bond acceptors (Lipinski definition) is 5. The summed E-state index contributed by atoms with van der Waals surface area (Å²) in [6, 6.07) is 9.51. The van der Waals surface area contributed by atoms with Gasteiger partial charge in [0.25, 0.3) is 0 Å². The molecule has 5 nitrogen and oxygen atoms in total. The van der Waals surface area contributed by atoms with Gasteiger partial charge in [-0.25, -0.2) is 0 Å². The quantitative estimate of drug-likeness (QED) is 0.627. The van der Waals surface area contributed by atoms with Gasteiger partial charge >= 0.3 is 5.97 Å². The van der Waals surface area contributed by atoms with Crippen LogP contribution in [0, 0.1) is 17.2 Å². The molecule has 21 heavy (non-hydrogen) atoms. The second-order valence-electron chi connectivity index (χ2n) is 5.17. The molecule has 0 spiro atoms. The van der Waals surface area contributed by atoms with Crippen molar-refractivity contribution in [2.75, 3.05) is 14.2 Å². The number of carbonyl (C=O) groups excluding carboxylic acids is 2. The van der Waals surface area contributed by atoms with Crippen LogP contribution in [0.2, 0.25) is 0 Å². The minimum Gasteiger partial charge on any atom is -0.497 e. The van der Waals surface area contributed by atoms with Gasteiger partial charge in [0, 0.05) is 6.42 Å². The number of Topliss-reactive ketones (excluding diaryl/α,β-unsaturated/α-hetero) is 1. The summed E-state index contributed by atoms with van der Waals surface area (Å²) in [4.78, 5) is 23.7. The molecule has 1 aliphatic rings. The van der Waals surface area contributed by atoms with Crippen LogP contribution in [0.1, 0.15) is 24.8 Å². The zero-order chi connectivity index (χ0) is 15.5. The summed E-state index contributed by atoms with van der Waals surface area (Å²) in [5.74, 6) is -0.943. The Labute approximate surface area is 123 Å². The Balaban J connectivity index is 2.39. The average molecular weight is 287 g/mol. The highest BCUT2D eigenvalue weighted by molar-refractivity contribution is 6.00. The Morgan fingerprint density at radius 3 is 2.81 bits per heavy atom. The maximum atomic E-state index is 11.9. The van der Waals surface area contributed by atoms with Gasteiger partial charge in [0.15, 0.2) is 0 Å². The minimum absolute atomic E-state index is 0.155. The van der Waals surface area contributed by atoms with Crippen molar-refractivity contribution >= 4 is 11.8 Å². The average Bonchev–Trinajstić information content (AvgIpc) is 2.55. The van der Waals surface area contributed by atoms with E-state index in [0.29, 0.717) is 12.2 Å². The van der Waals surface area contributed by atoms with Crippen LogP contribution >= 0.6 is 0 Å². The van der Waals surface area contributed by atoms with E-state index in [9.17, 15) is 14.9 Å². The zero-order valence-corrected chi connectivity index (χ0v) is 12.1. The molecule has 0 bridgehead atoms. The van der Waals surface area contributed by atoms with Crippen molar-refractivity contribution in [1.29, 1.82) is 5.26 Å². The number of methoxy groups -OCH3 is 2. The highest BCUT2D eigenvalue weighted by Gasteiger charge is 2.45. The predicted molar refractivity (Wildman–Crippen MR) is 74.6 cm³/mol. The fraction of sp³-hybridized carbons (Fsp3) is 0.438.